The van der Waals surface area contributed by atoms with Crippen LogP contribution in [0.3, 0.4) is 0 Å². The van der Waals surface area contributed by atoms with Crippen LogP contribution in [-0.4, -0.2) is 36.2 Å². The number of fused-ring (bicyclic) bond motifs is 1. The Kier molecular flexibility index (Phi) is 5.08. The molecular formula is C18H23N3O2. The maximum atomic E-state index is 12.3. The van der Waals surface area contributed by atoms with E-state index >= 15 is 0 Å². The van der Waals surface area contributed by atoms with Gasteiger partial charge in [-0.25, -0.2) is 4.98 Å². The molecule has 1 unspecified atom stereocenters. The second kappa shape index (κ2) is 7.42. The third kappa shape index (κ3) is 3.79. The standard InChI is InChI=1S/C18H23N3O2/c1-23-12-11-20(14-15-7-3-2-4-8-15)17-13-18(22)21-10-6-5-9-16(21)19-17/h2-3,5-6,9-10,13,15H,4,7-8,11-12,14H2,1H3. The third-order valence-electron chi connectivity index (χ3n) is 4.30. The molecule has 0 saturated carbocycles. The first-order valence-corrected chi connectivity index (χ1v) is 8.15. The van der Waals surface area contributed by atoms with E-state index in [2.05, 4.69) is 22.0 Å². The normalized spacial score (nSPS) is 17.5. The van der Waals surface area contributed by atoms with Gasteiger partial charge >= 0.3 is 0 Å². The fourth-order valence-electron chi connectivity index (χ4n) is 3.04. The number of methoxy groups -OCH3 is 1. The van der Waals surface area contributed by atoms with E-state index in [9.17, 15) is 4.79 Å². The molecule has 1 atom stereocenters. The van der Waals surface area contributed by atoms with Gasteiger partial charge in [0, 0.05) is 32.5 Å². The van der Waals surface area contributed by atoms with Gasteiger partial charge in [0.1, 0.15) is 11.5 Å². The van der Waals surface area contributed by atoms with E-state index in [1.807, 2.05) is 18.2 Å². The van der Waals surface area contributed by atoms with Crippen molar-refractivity contribution in [3.63, 3.8) is 0 Å². The topological polar surface area (TPSA) is 46.8 Å². The van der Waals surface area contributed by atoms with Crippen molar-refractivity contribution in [1.29, 1.82) is 0 Å². The summed E-state index contributed by atoms with van der Waals surface area (Å²) in [4.78, 5) is 19.2. The molecule has 0 N–H and O–H groups in total. The van der Waals surface area contributed by atoms with Crippen LogP contribution in [-0.2, 0) is 4.74 Å². The quantitative estimate of drug-likeness (QED) is 0.769. The molecule has 0 amide bonds. The lowest BCUT2D eigenvalue weighted by molar-refractivity contribution is 0.203. The van der Waals surface area contributed by atoms with E-state index in [4.69, 9.17) is 4.74 Å². The Hall–Kier alpha value is -2.14. The van der Waals surface area contributed by atoms with Crippen LogP contribution >= 0.6 is 0 Å². The van der Waals surface area contributed by atoms with Gasteiger partial charge in [-0.3, -0.25) is 9.20 Å². The van der Waals surface area contributed by atoms with E-state index in [1.54, 1.807) is 23.8 Å². The summed E-state index contributed by atoms with van der Waals surface area (Å²) in [5, 5.41) is 0. The summed E-state index contributed by atoms with van der Waals surface area (Å²) in [5.74, 6) is 1.35. The van der Waals surface area contributed by atoms with E-state index < -0.39 is 0 Å². The SMILES string of the molecule is COCCN(CC1CC=CCC1)c1cc(=O)n2ccccc2n1. The molecule has 2 aromatic rings. The summed E-state index contributed by atoms with van der Waals surface area (Å²) in [6.45, 7) is 2.27. The first kappa shape index (κ1) is 15.7. The van der Waals surface area contributed by atoms with Crippen LogP contribution in [0.15, 0.2) is 47.4 Å². The zero-order chi connectivity index (χ0) is 16.1. The predicted octanol–water partition coefficient (Wildman–Crippen LogP) is 2.50. The summed E-state index contributed by atoms with van der Waals surface area (Å²) in [6, 6.07) is 7.23. The zero-order valence-electron chi connectivity index (χ0n) is 13.5. The minimum absolute atomic E-state index is 0.0449. The van der Waals surface area contributed by atoms with Crippen molar-refractivity contribution in [2.45, 2.75) is 19.3 Å². The maximum absolute atomic E-state index is 12.3. The predicted molar refractivity (Wildman–Crippen MR) is 92.0 cm³/mol. The number of pyridine rings is 1. The molecule has 0 saturated heterocycles. The van der Waals surface area contributed by atoms with Gasteiger partial charge in [-0.05, 0) is 37.3 Å². The van der Waals surface area contributed by atoms with Gasteiger partial charge < -0.3 is 9.64 Å². The highest BCUT2D eigenvalue weighted by atomic mass is 16.5. The van der Waals surface area contributed by atoms with Gasteiger partial charge in [-0.15, -0.1) is 0 Å². The number of allylic oxidation sites excluding steroid dienone is 2. The first-order valence-electron chi connectivity index (χ1n) is 8.15. The Balaban J connectivity index is 1.88. The number of anilines is 1. The van der Waals surface area contributed by atoms with Crippen LogP contribution in [0.2, 0.25) is 0 Å². The minimum Gasteiger partial charge on any atom is -0.383 e. The van der Waals surface area contributed by atoms with Crippen molar-refractivity contribution in [2.24, 2.45) is 5.92 Å². The van der Waals surface area contributed by atoms with E-state index in [0.717, 1.165) is 31.7 Å². The van der Waals surface area contributed by atoms with Gasteiger partial charge in [0.15, 0.2) is 0 Å². The highest BCUT2D eigenvalue weighted by Crippen LogP contribution is 2.21. The summed E-state index contributed by atoms with van der Waals surface area (Å²) < 4.78 is 6.80. The summed E-state index contributed by atoms with van der Waals surface area (Å²) >= 11 is 0. The second-order valence-electron chi connectivity index (χ2n) is 5.97. The highest BCUT2D eigenvalue weighted by molar-refractivity contribution is 5.48. The molecule has 0 fully saturated rings. The van der Waals surface area contributed by atoms with Crippen LogP contribution in [0.1, 0.15) is 19.3 Å². The molecule has 2 aromatic heterocycles. The molecule has 23 heavy (non-hydrogen) atoms. The largest absolute Gasteiger partial charge is 0.383 e. The molecule has 1 aliphatic carbocycles. The Morgan fingerprint density at radius 3 is 3.09 bits per heavy atom. The minimum atomic E-state index is -0.0449. The van der Waals surface area contributed by atoms with Crippen molar-refractivity contribution in [3.8, 4) is 0 Å². The zero-order valence-corrected chi connectivity index (χ0v) is 13.5. The molecule has 0 aliphatic heterocycles. The maximum Gasteiger partial charge on any atom is 0.259 e. The fraction of sp³-hybridized carbons (Fsp3) is 0.444. The third-order valence-corrected chi connectivity index (χ3v) is 4.30. The number of hydrogen-bond donors (Lipinski definition) is 0. The van der Waals surface area contributed by atoms with Crippen molar-refractivity contribution in [1.82, 2.24) is 9.38 Å². The van der Waals surface area contributed by atoms with Crippen molar-refractivity contribution in [2.75, 3.05) is 31.7 Å². The molecule has 5 heteroatoms. The number of rotatable bonds is 6. The average Bonchev–Trinajstić information content (AvgIpc) is 2.59. The van der Waals surface area contributed by atoms with Gasteiger partial charge in [0.2, 0.25) is 0 Å². The number of nitrogens with zero attached hydrogens (tertiary/aromatic N) is 3. The molecule has 0 aromatic carbocycles. The Bertz CT molecular complexity index is 738. The van der Waals surface area contributed by atoms with Gasteiger partial charge in [0.25, 0.3) is 5.56 Å². The molecule has 122 valence electrons. The molecule has 2 heterocycles. The second-order valence-corrected chi connectivity index (χ2v) is 5.97. The lowest BCUT2D eigenvalue weighted by Gasteiger charge is -2.29. The van der Waals surface area contributed by atoms with Gasteiger partial charge in [0.05, 0.1) is 6.61 Å². The molecule has 0 bridgehead atoms. The van der Waals surface area contributed by atoms with Crippen LogP contribution in [0, 0.1) is 5.92 Å². The van der Waals surface area contributed by atoms with Crippen LogP contribution < -0.4 is 10.5 Å². The van der Waals surface area contributed by atoms with Crippen LogP contribution in [0.4, 0.5) is 5.82 Å². The van der Waals surface area contributed by atoms with Gasteiger partial charge in [-0.2, -0.15) is 0 Å². The van der Waals surface area contributed by atoms with E-state index in [1.165, 1.54) is 6.42 Å². The highest BCUT2D eigenvalue weighted by Gasteiger charge is 2.17. The molecule has 0 spiro atoms. The first-order chi connectivity index (χ1) is 11.3. The summed E-state index contributed by atoms with van der Waals surface area (Å²) in [5.41, 5.74) is 0.637. The van der Waals surface area contributed by atoms with Crippen molar-refractivity contribution >= 4 is 11.5 Å². The molecule has 5 nitrogen and oxygen atoms in total. The van der Waals surface area contributed by atoms with Crippen molar-refractivity contribution in [3.05, 3.63) is 53.0 Å². The number of ether oxygens (including phenoxy) is 1. The Morgan fingerprint density at radius 2 is 2.30 bits per heavy atom. The monoisotopic (exact) mass is 313 g/mol. The number of aromatic nitrogens is 2. The summed E-state index contributed by atoms with van der Waals surface area (Å²) in [7, 11) is 1.70. The number of hydrogen-bond acceptors (Lipinski definition) is 4. The van der Waals surface area contributed by atoms with Gasteiger partial charge in [-0.1, -0.05) is 18.2 Å². The molecule has 1 aliphatic rings. The Morgan fingerprint density at radius 1 is 1.39 bits per heavy atom. The smallest absolute Gasteiger partial charge is 0.259 e. The lowest BCUT2D eigenvalue weighted by atomic mass is 9.94. The molecule has 0 radical (unpaired) electrons. The fourth-order valence-corrected chi connectivity index (χ4v) is 3.04. The lowest BCUT2D eigenvalue weighted by Crippen LogP contribution is -2.34. The van der Waals surface area contributed by atoms with Crippen LogP contribution in [0.25, 0.3) is 5.65 Å². The van der Waals surface area contributed by atoms with Crippen LogP contribution in [0.5, 0.6) is 0 Å². The average molecular weight is 313 g/mol. The van der Waals surface area contributed by atoms with Crippen molar-refractivity contribution < 1.29 is 4.74 Å². The summed E-state index contributed by atoms with van der Waals surface area (Å²) in [6.07, 6.45) is 9.67. The van der Waals surface area contributed by atoms with E-state index in [-0.39, 0.29) is 5.56 Å². The molecule has 3 rings (SSSR count). The molecular weight excluding hydrogens is 290 g/mol. The Labute approximate surface area is 136 Å². The van der Waals surface area contributed by atoms with E-state index in [0.29, 0.717) is 18.2 Å².